The molecule has 0 atom stereocenters. The van der Waals surface area contributed by atoms with Crippen molar-refractivity contribution in [1.29, 1.82) is 0 Å². The molecule has 0 N–H and O–H groups in total. The van der Waals surface area contributed by atoms with Gasteiger partial charge in [-0.2, -0.15) is 21.6 Å². The molecule has 0 unspecified atom stereocenters. The van der Waals surface area contributed by atoms with Crippen LogP contribution in [0.1, 0.15) is 25.3 Å². The van der Waals surface area contributed by atoms with Crippen LogP contribution in [0.2, 0.25) is 0 Å². The summed E-state index contributed by atoms with van der Waals surface area (Å²) in [6.07, 6.45) is 3.00. The molecule has 2 rings (SSSR count). The zero-order valence-electron chi connectivity index (χ0n) is 12.1. The molecule has 0 aliphatic carbocycles. The molecule has 4 nitrogen and oxygen atoms in total. The highest BCUT2D eigenvalue weighted by atomic mass is 32.2. The van der Waals surface area contributed by atoms with E-state index in [0.29, 0.717) is 5.69 Å². The van der Waals surface area contributed by atoms with Gasteiger partial charge in [-0.05, 0) is 35.9 Å². The van der Waals surface area contributed by atoms with Crippen molar-refractivity contribution in [2.24, 2.45) is 0 Å². The van der Waals surface area contributed by atoms with Crippen LogP contribution in [0, 0.1) is 0 Å². The molecule has 0 radical (unpaired) electrons. The summed E-state index contributed by atoms with van der Waals surface area (Å²) in [5.41, 5.74) is -4.00. The van der Waals surface area contributed by atoms with E-state index in [2.05, 4.69) is 16.1 Å². The zero-order chi connectivity index (χ0) is 17.1. The minimum atomic E-state index is -5.72. The van der Waals surface area contributed by atoms with Gasteiger partial charge in [-0.1, -0.05) is 19.4 Å². The van der Waals surface area contributed by atoms with Crippen LogP contribution in [-0.4, -0.2) is 18.9 Å². The van der Waals surface area contributed by atoms with Crippen molar-refractivity contribution in [1.82, 2.24) is 4.98 Å². The van der Waals surface area contributed by atoms with E-state index in [-0.39, 0.29) is 0 Å². The molecule has 0 amide bonds. The van der Waals surface area contributed by atoms with Crippen molar-refractivity contribution in [3.63, 3.8) is 0 Å². The molecule has 9 heteroatoms. The second kappa shape index (κ2) is 6.88. The number of hydrogen-bond donors (Lipinski definition) is 0. The van der Waals surface area contributed by atoms with E-state index in [9.17, 15) is 21.6 Å². The van der Waals surface area contributed by atoms with Gasteiger partial charge in [-0.3, -0.25) is 0 Å². The highest BCUT2D eigenvalue weighted by Gasteiger charge is 2.48. The average Bonchev–Trinajstić information content (AvgIpc) is 2.92. The summed E-state index contributed by atoms with van der Waals surface area (Å²) in [4.78, 5) is 4.59. The lowest BCUT2D eigenvalue weighted by Crippen LogP contribution is -2.28. The summed E-state index contributed by atoms with van der Waals surface area (Å²) in [5, 5.41) is 1.95. The van der Waals surface area contributed by atoms with Gasteiger partial charge in [0.1, 0.15) is 0 Å². The number of halogens is 3. The van der Waals surface area contributed by atoms with Crippen LogP contribution in [0.4, 0.5) is 13.2 Å². The fraction of sp³-hybridized carbons (Fsp3) is 0.357. The summed E-state index contributed by atoms with van der Waals surface area (Å²) < 4.78 is 63.0. The third-order valence-electron chi connectivity index (χ3n) is 2.93. The Hall–Kier alpha value is -1.61. The Morgan fingerprint density at radius 1 is 1.30 bits per heavy atom. The summed E-state index contributed by atoms with van der Waals surface area (Å²) in [6, 6.07) is 5.95. The normalized spacial score (nSPS) is 12.3. The second-order valence-electron chi connectivity index (χ2n) is 4.77. The molecule has 126 valence electrons. The topological polar surface area (TPSA) is 56.3 Å². The van der Waals surface area contributed by atoms with Crippen molar-refractivity contribution in [2.75, 3.05) is 0 Å². The van der Waals surface area contributed by atoms with Gasteiger partial charge in [0.05, 0.1) is 10.6 Å². The van der Waals surface area contributed by atoms with E-state index in [1.165, 1.54) is 17.4 Å². The highest BCUT2D eigenvalue weighted by molar-refractivity contribution is 7.87. The van der Waals surface area contributed by atoms with Crippen LogP contribution < -0.4 is 4.18 Å². The predicted molar refractivity (Wildman–Crippen MR) is 81.8 cm³/mol. The van der Waals surface area contributed by atoms with Crippen LogP contribution in [0.25, 0.3) is 10.6 Å². The standard InChI is InChI=1S/C14H14F3NO3S2/c1-2-3-5-10-8-12(22-9-10)11-6-4-7-13(18-11)21-23(19,20)14(15,16)17/h4,6-9H,2-3,5H2,1H3. The molecule has 2 aromatic heterocycles. The zero-order valence-corrected chi connectivity index (χ0v) is 13.8. The number of rotatable bonds is 6. The fourth-order valence-electron chi connectivity index (χ4n) is 1.78. The van der Waals surface area contributed by atoms with E-state index in [0.717, 1.165) is 35.8 Å². The maximum absolute atomic E-state index is 12.3. The van der Waals surface area contributed by atoms with E-state index in [4.69, 9.17) is 0 Å². The minimum absolute atomic E-state index is 0.368. The first-order chi connectivity index (χ1) is 10.7. The highest BCUT2D eigenvalue weighted by Crippen LogP contribution is 2.30. The number of pyridine rings is 1. The predicted octanol–water partition coefficient (Wildman–Crippen LogP) is 4.38. The van der Waals surface area contributed by atoms with Crippen molar-refractivity contribution in [3.05, 3.63) is 35.2 Å². The van der Waals surface area contributed by atoms with Gasteiger partial charge in [0, 0.05) is 6.07 Å². The molecule has 0 saturated heterocycles. The monoisotopic (exact) mass is 365 g/mol. The molecule has 0 aromatic carbocycles. The van der Waals surface area contributed by atoms with Crippen molar-refractivity contribution >= 4 is 21.5 Å². The number of aryl methyl sites for hydroxylation is 1. The first-order valence-electron chi connectivity index (χ1n) is 6.78. The Bertz CT molecular complexity index is 770. The average molecular weight is 365 g/mol. The van der Waals surface area contributed by atoms with Crippen LogP contribution in [0.5, 0.6) is 5.88 Å². The number of hydrogen-bond acceptors (Lipinski definition) is 5. The SMILES string of the molecule is CCCCc1csc(-c2cccc(OS(=O)(=O)C(F)(F)F)n2)c1. The van der Waals surface area contributed by atoms with Crippen LogP contribution in [-0.2, 0) is 16.5 Å². The number of alkyl halides is 3. The third kappa shape index (κ3) is 4.44. The van der Waals surface area contributed by atoms with E-state index < -0.39 is 21.5 Å². The van der Waals surface area contributed by atoms with Gasteiger partial charge in [-0.15, -0.1) is 11.3 Å². The van der Waals surface area contributed by atoms with E-state index >= 15 is 0 Å². The number of nitrogens with zero attached hydrogens (tertiary/aromatic N) is 1. The molecule has 23 heavy (non-hydrogen) atoms. The second-order valence-corrected chi connectivity index (χ2v) is 7.22. The van der Waals surface area contributed by atoms with Crippen LogP contribution >= 0.6 is 11.3 Å². The van der Waals surface area contributed by atoms with Crippen molar-refractivity contribution < 1.29 is 25.8 Å². The van der Waals surface area contributed by atoms with Gasteiger partial charge in [0.15, 0.2) is 0 Å². The molecular weight excluding hydrogens is 351 g/mol. The van der Waals surface area contributed by atoms with Crippen LogP contribution in [0.3, 0.4) is 0 Å². The molecule has 0 spiro atoms. The first kappa shape index (κ1) is 17.7. The van der Waals surface area contributed by atoms with Crippen molar-refractivity contribution in [2.45, 2.75) is 31.7 Å². The molecule has 0 bridgehead atoms. The van der Waals surface area contributed by atoms with Gasteiger partial charge >= 0.3 is 15.6 Å². The fourth-order valence-corrected chi connectivity index (χ4v) is 3.11. The van der Waals surface area contributed by atoms with Crippen molar-refractivity contribution in [3.8, 4) is 16.5 Å². The summed E-state index contributed by atoms with van der Waals surface area (Å²) >= 11 is 1.40. The lowest BCUT2D eigenvalue weighted by atomic mass is 10.1. The summed E-state index contributed by atoms with van der Waals surface area (Å²) in [5.74, 6) is -0.608. The Balaban J connectivity index is 2.22. The Labute approximate surface area is 136 Å². The van der Waals surface area contributed by atoms with E-state index in [1.54, 1.807) is 6.07 Å². The third-order valence-corrected chi connectivity index (χ3v) is 4.89. The number of aromatic nitrogens is 1. The number of unbranched alkanes of at least 4 members (excludes halogenated alkanes) is 1. The molecule has 0 fully saturated rings. The molecular formula is C14H14F3NO3S2. The van der Waals surface area contributed by atoms with Gasteiger partial charge in [0.25, 0.3) is 0 Å². The minimum Gasteiger partial charge on any atom is -0.355 e. The first-order valence-corrected chi connectivity index (χ1v) is 9.07. The smallest absolute Gasteiger partial charge is 0.355 e. The Kier molecular flexibility index (Phi) is 5.30. The van der Waals surface area contributed by atoms with Gasteiger partial charge < -0.3 is 4.18 Å². The lowest BCUT2D eigenvalue weighted by Gasteiger charge is -2.09. The summed E-state index contributed by atoms with van der Waals surface area (Å²) in [6.45, 7) is 2.08. The summed E-state index contributed by atoms with van der Waals surface area (Å²) in [7, 11) is -5.72. The number of thiophene rings is 1. The van der Waals surface area contributed by atoms with Gasteiger partial charge in [0.2, 0.25) is 5.88 Å². The largest absolute Gasteiger partial charge is 0.534 e. The molecule has 0 aliphatic heterocycles. The molecule has 0 aliphatic rings. The molecule has 2 aromatic rings. The van der Waals surface area contributed by atoms with E-state index in [1.807, 2.05) is 11.4 Å². The maximum Gasteiger partial charge on any atom is 0.534 e. The Morgan fingerprint density at radius 2 is 2.04 bits per heavy atom. The van der Waals surface area contributed by atoms with Gasteiger partial charge in [-0.25, -0.2) is 4.98 Å². The van der Waals surface area contributed by atoms with Crippen LogP contribution in [0.15, 0.2) is 29.6 Å². The lowest BCUT2D eigenvalue weighted by molar-refractivity contribution is -0.0501. The molecule has 2 heterocycles. The maximum atomic E-state index is 12.3. The Morgan fingerprint density at radius 3 is 2.70 bits per heavy atom. The quantitative estimate of drug-likeness (QED) is 0.563. The molecule has 0 saturated carbocycles.